The van der Waals surface area contributed by atoms with Crippen molar-refractivity contribution in [3.8, 4) is 50.2 Å². The predicted octanol–water partition coefficient (Wildman–Crippen LogP) is 15.5. The van der Waals surface area contributed by atoms with E-state index >= 15 is 0 Å². The molecule has 0 aliphatic heterocycles. The number of aromatic nitrogens is 1. The van der Waals surface area contributed by atoms with Gasteiger partial charge in [0.25, 0.3) is 0 Å². The van der Waals surface area contributed by atoms with Gasteiger partial charge in [0.2, 0.25) is 0 Å². The summed E-state index contributed by atoms with van der Waals surface area (Å²) >= 11 is 0. The normalized spacial score (nSPS) is 12.6. The van der Waals surface area contributed by atoms with Gasteiger partial charge in [-0.2, -0.15) is 0 Å². The van der Waals surface area contributed by atoms with Crippen LogP contribution in [0, 0.1) is 0 Å². The van der Waals surface area contributed by atoms with Crippen molar-refractivity contribution in [1.82, 2.24) is 4.57 Å². The summed E-state index contributed by atoms with van der Waals surface area (Å²) in [6.45, 7) is 0. The minimum Gasteiger partial charge on any atom is -0.309 e. The molecule has 1 nitrogen and oxygen atoms in total. The van der Waals surface area contributed by atoms with Gasteiger partial charge in [-0.15, -0.1) is 0 Å². The maximum Gasteiger partial charge on any atom is 0.179 e. The molecule has 14 rings (SSSR count). The Morgan fingerprint density at radius 1 is 0.253 bits per heavy atom. The fraction of sp³-hybridized carbons (Fsp3) is 0.0137. The fourth-order valence-corrected chi connectivity index (χ4v) is 17.4. The molecule has 0 unspecified atom stereocenters. The zero-order valence-corrected chi connectivity index (χ0v) is 42.4. The number of hydrogen-bond acceptors (Lipinski definition) is 0. The Kier molecular flexibility index (Phi) is 10.8. The van der Waals surface area contributed by atoms with Crippen molar-refractivity contribution in [2.24, 2.45) is 0 Å². The highest BCUT2D eigenvalue weighted by atomic mass is 28.3. The molecular weight excluding hydrogens is 919 g/mol. The molecule has 1 aromatic heterocycles. The van der Waals surface area contributed by atoms with Gasteiger partial charge in [0, 0.05) is 16.5 Å². The fourth-order valence-electron chi connectivity index (χ4n) is 12.7. The Morgan fingerprint density at radius 3 is 1.08 bits per heavy atom. The van der Waals surface area contributed by atoms with Gasteiger partial charge < -0.3 is 4.57 Å². The van der Waals surface area contributed by atoms with Crippen molar-refractivity contribution < 1.29 is 0 Å². The molecule has 13 aromatic rings. The molecule has 0 bridgehead atoms. The van der Waals surface area contributed by atoms with Crippen molar-refractivity contribution in [1.29, 1.82) is 0 Å². The van der Waals surface area contributed by atoms with E-state index < -0.39 is 13.5 Å². The second-order valence-electron chi connectivity index (χ2n) is 19.9. The van der Waals surface area contributed by atoms with Gasteiger partial charge in [0.05, 0.1) is 16.4 Å². The SMILES string of the molecule is c1ccc(-c2ccc3c(c2)C(c2ccc(-n4c5ccccc5c5ccc(-c6ccccc6)cc54)cc2)(c2ccc([Si](c4ccccc4)(c4ccccc4)c4ccccc4)cc2)c2cc(-c4ccccc4)ccc2-3)cc1. The highest BCUT2D eigenvalue weighted by Crippen LogP contribution is 2.57. The third-order valence-electron chi connectivity index (χ3n) is 16.1. The summed E-state index contributed by atoms with van der Waals surface area (Å²) < 4.78 is 2.46. The van der Waals surface area contributed by atoms with Crippen molar-refractivity contribution in [3.63, 3.8) is 0 Å². The summed E-state index contributed by atoms with van der Waals surface area (Å²) in [6.07, 6.45) is 0. The average Bonchev–Trinajstić information content (AvgIpc) is 4.01. The lowest BCUT2D eigenvalue weighted by Gasteiger charge is -2.37. The molecule has 1 aliphatic carbocycles. The van der Waals surface area contributed by atoms with Gasteiger partial charge in [-0.1, -0.05) is 273 Å². The molecule has 0 spiro atoms. The number of nitrogens with zero attached hydrogens (tertiary/aromatic N) is 1. The molecule has 1 aliphatic rings. The van der Waals surface area contributed by atoms with Crippen LogP contribution in [0.4, 0.5) is 0 Å². The molecule has 0 amide bonds. The average molecular weight is 970 g/mol. The Balaban J connectivity index is 1.04. The number of rotatable bonds is 10. The maximum atomic E-state index is 2.49. The highest BCUT2D eigenvalue weighted by molar-refractivity contribution is 7.19. The molecule has 0 N–H and O–H groups in total. The van der Waals surface area contributed by atoms with E-state index in [-0.39, 0.29) is 0 Å². The Labute approximate surface area is 440 Å². The van der Waals surface area contributed by atoms with E-state index in [1.54, 1.807) is 0 Å². The predicted molar refractivity (Wildman–Crippen MR) is 318 cm³/mol. The minimum atomic E-state index is -2.83. The van der Waals surface area contributed by atoms with E-state index in [0.29, 0.717) is 0 Å². The Bertz CT molecular complexity index is 3980. The van der Waals surface area contributed by atoms with Gasteiger partial charge in [-0.05, 0) is 124 Å². The van der Waals surface area contributed by atoms with Crippen molar-refractivity contribution in [2.45, 2.75) is 5.41 Å². The zero-order chi connectivity index (χ0) is 49.8. The van der Waals surface area contributed by atoms with E-state index in [0.717, 1.165) is 5.69 Å². The first kappa shape index (κ1) is 44.4. The first-order valence-electron chi connectivity index (χ1n) is 26.1. The second-order valence-corrected chi connectivity index (χ2v) is 23.7. The summed E-state index contributed by atoms with van der Waals surface area (Å²) in [4.78, 5) is 0. The van der Waals surface area contributed by atoms with Crippen LogP contribution in [-0.2, 0) is 5.41 Å². The van der Waals surface area contributed by atoms with Crippen LogP contribution < -0.4 is 20.7 Å². The van der Waals surface area contributed by atoms with Crippen LogP contribution in [0.15, 0.2) is 309 Å². The smallest absolute Gasteiger partial charge is 0.179 e. The molecule has 0 saturated heterocycles. The lowest BCUT2D eigenvalue weighted by molar-refractivity contribution is 0.769. The van der Waals surface area contributed by atoms with Crippen LogP contribution in [0.5, 0.6) is 0 Å². The van der Waals surface area contributed by atoms with E-state index in [9.17, 15) is 0 Å². The van der Waals surface area contributed by atoms with E-state index in [4.69, 9.17) is 0 Å². The third-order valence-corrected chi connectivity index (χ3v) is 20.9. The van der Waals surface area contributed by atoms with Crippen LogP contribution in [0.2, 0.25) is 0 Å². The van der Waals surface area contributed by atoms with Crippen LogP contribution in [0.1, 0.15) is 22.3 Å². The number of fused-ring (bicyclic) bond motifs is 6. The van der Waals surface area contributed by atoms with Gasteiger partial charge >= 0.3 is 0 Å². The molecule has 352 valence electrons. The van der Waals surface area contributed by atoms with Gasteiger partial charge in [-0.3, -0.25) is 0 Å². The highest BCUT2D eigenvalue weighted by Gasteiger charge is 2.48. The quantitative estimate of drug-likeness (QED) is 0.0951. The first-order valence-corrected chi connectivity index (χ1v) is 28.1. The largest absolute Gasteiger partial charge is 0.309 e. The molecule has 1 heterocycles. The topological polar surface area (TPSA) is 4.93 Å². The summed E-state index contributed by atoms with van der Waals surface area (Å²) in [5.74, 6) is 0. The van der Waals surface area contributed by atoms with Crippen LogP contribution in [0.25, 0.3) is 72.0 Å². The first-order chi connectivity index (χ1) is 37.2. The number of hydrogen-bond donors (Lipinski definition) is 0. The Morgan fingerprint density at radius 2 is 0.613 bits per heavy atom. The van der Waals surface area contributed by atoms with E-state index in [1.165, 1.54) is 109 Å². The molecule has 0 radical (unpaired) electrons. The lowest BCUT2D eigenvalue weighted by Crippen LogP contribution is -2.74. The number of para-hydroxylation sites is 1. The van der Waals surface area contributed by atoms with Crippen LogP contribution in [0.3, 0.4) is 0 Å². The molecule has 2 heteroatoms. The summed E-state index contributed by atoms with van der Waals surface area (Å²) in [5.41, 5.74) is 17.6. The summed E-state index contributed by atoms with van der Waals surface area (Å²) in [7, 11) is -2.83. The van der Waals surface area contributed by atoms with Crippen molar-refractivity contribution in [3.05, 3.63) is 332 Å². The summed E-state index contributed by atoms with van der Waals surface area (Å²) in [5, 5.41) is 7.91. The number of benzene rings is 12. The molecule has 12 aromatic carbocycles. The lowest BCUT2D eigenvalue weighted by atomic mass is 9.67. The second kappa shape index (κ2) is 18.3. The van der Waals surface area contributed by atoms with Crippen LogP contribution in [-0.4, -0.2) is 12.6 Å². The standard InChI is InChI=1S/C73H51NSi/c1-7-21-52(22-8-1)55-35-46-65-66-47-36-56(53-23-9-2-10-24-53)50-70(66)73(69(65)49-55,59-40-44-64(45-41-59)75(61-27-13-4-14-28-61,62-29-15-5-16-30-62)63-31-17-6-18-32-63)58-38-42-60(43-39-58)74-71-34-20-19-33-67(71)68-48-37-57(51-72(68)74)54-25-11-3-12-26-54/h1-51H. The summed E-state index contributed by atoms with van der Waals surface area (Å²) in [6, 6.07) is 116. The van der Waals surface area contributed by atoms with Crippen molar-refractivity contribution in [2.75, 3.05) is 0 Å². The zero-order valence-electron chi connectivity index (χ0n) is 41.4. The van der Waals surface area contributed by atoms with Crippen molar-refractivity contribution >= 4 is 50.6 Å². The minimum absolute atomic E-state index is 0.699. The third kappa shape index (κ3) is 7.13. The van der Waals surface area contributed by atoms with Crippen LogP contribution >= 0.6 is 0 Å². The molecule has 0 fully saturated rings. The van der Waals surface area contributed by atoms with E-state index in [2.05, 4.69) is 314 Å². The molecular formula is C73H51NSi. The molecule has 0 saturated carbocycles. The molecule has 75 heavy (non-hydrogen) atoms. The molecule has 0 atom stereocenters. The van der Waals surface area contributed by atoms with Gasteiger partial charge in [-0.25, -0.2) is 0 Å². The maximum absolute atomic E-state index is 2.83. The Hall–Kier alpha value is -9.34. The van der Waals surface area contributed by atoms with Gasteiger partial charge in [0.1, 0.15) is 0 Å². The van der Waals surface area contributed by atoms with Gasteiger partial charge in [0.15, 0.2) is 8.07 Å². The monoisotopic (exact) mass is 969 g/mol. The van der Waals surface area contributed by atoms with E-state index in [1.807, 2.05) is 0 Å².